The van der Waals surface area contributed by atoms with Crippen LogP contribution in [0.4, 0.5) is 0 Å². The lowest BCUT2D eigenvalue weighted by atomic mass is 10.0. The number of hydrogen-bond donors (Lipinski definition) is 1. The van der Waals surface area contributed by atoms with Gasteiger partial charge < -0.3 is 4.90 Å². The van der Waals surface area contributed by atoms with Crippen LogP contribution in [0.3, 0.4) is 0 Å². The number of carbonyl (C=O) groups excluding carboxylic acids is 1. The Labute approximate surface area is 124 Å². The first-order valence-corrected chi connectivity index (χ1v) is 9.54. The molecule has 1 aliphatic heterocycles. The summed E-state index contributed by atoms with van der Waals surface area (Å²) >= 11 is 1.58. The zero-order valence-corrected chi connectivity index (χ0v) is 13.2. The van der Waals surface area contributed by atoms with Crippen molar-refractivity contribution in [2.24, 2.45) is 0 Å². The predicted molar refractivity (Wildman–Crippen MR) is 80.2 cm³/mol. The van der Waals surface area contributed by atoms with Crippen LogP contribution in [0.1, 0.15) is 24.8 Å². The average molecular weight is 316 g/mol. The topological polar surface area (TPSA) is 66.5 Å². The molecule has 20 heavy (non-hydrogen) atoms. The molecule has 1 aromatic heterocycles. The summed E-state index contributed by atoms with van der Waals surface area (Å²) in [6.07, 6.45) is 4.44. The summed E-state index contributed by atoms with van der Waals surface area (Å²) < 4.78 is 24.9. The van der Waals surface area contributed by atoms with E-state index in [4.69, 9.17) is 0 Å². The molecule has 0 aromatic carbocycles. The number of nitrogens with zero attached hydrogens (tertiary/aromatic N) is 1. The zero-order chi connectivity index (χ0) is 14.6. The maximum atomic E-state index is 12.4. The van der Waals surface area contributed by atoms with Gasteiger partial charge in [-0.3, -0.25) is 4.79 Å². The molecule has 1 amide bonds. The normalized spacial score (nSPS) is 20.1. The molecular formula is C13H20N2O3S2. The fourth-order valence-electron chi connectivity index (χ4n) is 2.46. The zero-order valence-electron chi connectivity index (χ0n) is 11.5. The highest BCUT2D eigenvalue weighted by molar-refractivity contribution is 7.88. The van der Waals surface area contributed by atoms with Crippen molar-refractivity contribution in [2.45, 2.75) is 31.7 Å². The number of rotatable bonds is 5. The third-order valence-corrected chi connectivity index (χ3v) is 4.89. The van der Waals surface area contributed by atoms with Crippen LogP contribution in [-0.4, -0.2) is 44.6 Å². The van der Waals surface area contributed by atoms with E-state index in [-0.39, 0.29) is 11.9 Å². The van der Waals surface area contributed by atoms with Gasteiger partial charge in [-0.15, -0.1) is 0 Å². The Hall–Kier alpha value is -0.920. The van der Waals surface area contributed by atoms with E-state index in [0.29, 0.717) is 13.0 Å². The highest BCUT2D eigenvalue weighted by atomic mass is 32.2. The van der Waals surface area contributed by atoms with Crippen LogP contribution in [0.15, 0.2) is 16.8 Å². The smallest absolute Gasteiger partial charge is 0.227 e. The first kappa shape index (κ1) is 15.5. The van der Waals surface area contributed by atoms with E-state index >= 15 is 0 Å². The number of carbonyl (C=O) groups is 1. The van der Waals surface area contributed by atoms with Crippen molar-refractivity contribution in [2.75, 3.05) is 19.3 Å². The van der Waals surface area contributed by atoms with Crippen molar-refractivity contribution in [3.05, 3.63) is 22.4 Å². The molecule has 1 unspecified atom stereocenters. The van der Waals surface area contributed by atoms with E-state index in [1.54, 1.807) is 11.3 Å². The van der Waals surface area contributed by atoms with Crippen molar-refractivity contribution in [1.82, 2.24) is 9.62 Å². The summed E-state index contributed by atoms with van der Waals surface area (Å²) in [5, 5.41) is 3.94. The van der Waals surface area contributed by atoms with Gasteiger partial charge in [0.1, 0.15) is 0 Å². The second kappa shape index (κ2) is 6.69. The molecule has 1 saturated heterocycles. The summed E-state index contributed by atoms with van der Waals surface area (Å²) in [6, 6.07) is 1.93. The van der Waals surface area contributed by atoms with Gasteiger partial charge in [-0.1, -0.05) is 0 Å². The van der Waals surface area contributed by atoms with Crippen LogP contribution in [0.25, 0.3) is 0 Å². The molecule has 7 heteroatoms. The van der Waals surface area contributed by atoms with Gasteiger partial charge in [0.05, 0.1) is 12.7 Å². The second-order valence-electron chi connectivity index (χ2n) is 5.17. The molecule has 2 heterocycles. The fourth-order valence-corrected chi connectivity index (χ4v) is 3.62. The van der Waals surface area contributed by atoms with Crippen LogP contribution >= 0.6 is 11.3 Å². The summed E-state index contributed by atoms with van der Waals surface area (Å²) in [5.74, 6) is 0.0865. The van der Waals surface area contributed by atoms with Gasteiger partial charge in [-0.2, -0.15) is 11.3 Å². The van der Waals surface area contributed by atoms with Crippen molar-refractivity contribution in [3.63, 3.8) is 0 Å². The van der Waals surface area contributed by atoms with Gasteiger partial charge in [0.2, 0.25) is 15.9 Å². The number of piperidine rings is 1. The Morgan fingerprint density at radius 3 is 2.95 bits per heavy atom. The summed E-state index contributed by atoms with van der Waals surface area (Å²) in [6.45, 7) is 1.04. The molecule has 0 aliphatic carbocycles. The third-order valence-electron chi connectivity index (χ3n) is 3.46. The van der Waals surface area contributed by atoms with Crippen LogP contribution in [-0.2, 0) is 21.2 Å². The van der Waals surface area contributed by atoms with E-state index in [1.165, 1.54) is 0 Å². The van der Waals surface area contributed by atoms with Gasteiger partial charge >= 0.3 is 0 Å². The lowest BCUT2D eigenvalue weighted by Gasteiger charge is -2.35. The molecule has 112 valence electrons. The van der Waals surface area contributed by atoms with Crippen LogP contribution in [0.2, 0.25) is 0 Å². The second-order valence-corrected chi connectivity index (χ2v) is 7.78. The maximum absolute atomic E-state index is 12.4. The Kier molecular flexibility index (Phi) is 5.17. The van der Waals surface area contributed by atoms with E-state index < -0.39 is 10.0 Å². The standard InChI is InChI=1S/C13H20N2O3S2/c1-20(17,18)14-9-12-4-2-3-6-15(12)13(16)8-11-5-7-19-10-11/h5,7,10,12,14H,2-4,6,8-9H2,1H3. The van der Waals surface area contributed by atoms with Gasteiger partial charge in [0, 0.05) is 19.1 Å². The quantitative estimate of drug-likeness (QED) is 0.888. The molecule has 1 aliphatic rings. The van der Waals surface area contributed by atoms with Gasteiger partial charge in [0.15, 0.2) is 0 Å². The van der Waals surface area contributed by atoms with Gasteiger partial charge in [-0.25, -0.2) is 13.1 Å². The van der Waals surface area contributed by atoms with E-state index in [0.717, 1.165) is 37.6 Å². The number of likely N-dealkylation sites (tertiary alicyclic amines) is 1. The molecule has 1 fully saturated rings. The molecular weight excluding hydrogens is 296 g/mol. The molecule has 0 saturated carbocycles. The summed E-state index contributed by atoms with van der Waals surface area (Å²) in [7, 11) is -3.21. The number of hydrogen-bond acceptors (Lipinski definition) is 4. The first-order valence-electron chi connectivity index (χ1n) is 6.71. The molecule has 0 bridgehead atoms. The third kappa shape index (κ3) is 4.57. The van der Waals surface area contributed by atoms with Crippen molar-refractivity contribution in [3.8, 4) is 0 Å². The minimum Gasteiger partial charge on any atom is -0.338 e. The molecule has 0 spiro atoms. The number of sulfonamides is 1. The Morgan fingerprint density at radius 1 is 1.50 bits per heavy atom. The van der Waals surface area contributed by atoms with Crippen LogP contribution in [0.5, 0.6) is 0 Å². The minimum atomic E-state index is -3.21. The van der Waals surface area contributed by atoms with E-state index in [1.807, 2.05) is 21.7 Å². The highest BCUT2D eigenvalue weighted by Gasteiger charge is 2.27. The average Bonchev–Trinajstić information content (AvgIpc) is 2.88. The van der Waals surface area contributed by atoms with Crippen molar-refractivity contribution >= 4 is 27.3 Å². The monoisotopic (exact) mass is 316 g/mol. The Bertz CT molecular complexity index is 540. The Morgan fingerprint density at radius 2 is 2.30 bits per heavy atom. The Balaban J connectivity index is 1.97. The number of amides is 1. The molecule has 1 atom stereocenters. The molecule has 2 rings (SSSR count). The van der Waals surface area contributed by atoms with Crippen LogP contribution < -0.4 is 4.72 Å². The highest BCUT2D eigenvalue weighted by Crippen LogP contribution is 2.18. The molecule has 1 aromatic rings. The lowest BCUT2D eigenvalue weighted by Crippen LogP contribution is -2.49. The maximum Gasteiger partial charge on any atom is 0.227 e. The number of thiophene rings is 1. The molecule has 1 N–H and O–H groups in total. The van der Waals surface area contributed by atoms with E-state index in [9.17, 15) is 13.2 Å². The first-order chi connectivity index (χ1) is 9.46. The van der Waals surface area contributed by atoms with Gasteiger partial charge in [0.25, 0.3) is 0 Å². The fraction of sp³-hybridized carbons (Fsp3) is 0.615. The van der Waals surface area contributed by atoms with Crippen LogP contribution in [0, 0.1) is 0 Å². The predicted octanol–water partition coefficient (Wildman–Crippen LogP) is 1.22. The summed E-state index contributed by atoms with van der Waals surface area (Å²) in [5.41, 5.74) is 1.03. The molecule has 5 nitrogen and oxygen atoms in total. The van der Waals surface area contributed by atoms with Crippen molar-refractivity contribution in [1.29, 1.82) is 0 Å². The van der Waals surface area contributed by atoms with Gasteiger partial charge in [-0.05, 0) is 41.7 Å². The SMILES string of the molecule is CS(=O)(=O)NCC1CCCCN1C(=O)Cc1ccsc1. The van der Waals surface area contributed by atoms with Crippen molar-refractivity contribution < 1.29 is 13.2 Å². The van der Waals surface area contributed by atoms with E-state index in [2.05, 4.69) is 4.72 Å². The molecule has 0 radical (unpaired) electrons. The summed E-state index contributed by atoms with van der Waals surface area (Å²) in [4.78, 5) is 14.2. The lowest BCUT2D eigenvalue weighted by molar-refractivity contribution is -0.133. The number of nitrogens with one attached hydrogen (secondary N) is 1. The minimum absolute atomic E-state index is 0.0235. The largest absolute Gasteiger partial charge is 0.338 e.